The van der Waals surface area contributed by atoms with Crippen LogP contribution in [-0.4, -0.2) is 46.5 Å². The lowest BCUT2D eigenvalue weighted by molar-refractivity contribution is -0.141. The van der Waals surface area contributed by atoms with Crippen molar-refractivity contribution in [2.24, 2.45) is 0 Å². The maximum absolute atomic E-state index is 12.0. The minimum atomic E-state index is -1.07. The standard InChI is InChI=1S/C15H18N2O5S/c1-2-22-10-5-3-9(4-6-10)16-13(18)7-12-14(19)17-11(8-23-12)15(20)21/h3-6,11-12H,2,7-8H2,1H3,(H,16,18)(H,17,19)(H,20,21)/t11-,12-/m0/s1. The molecule has 0 spiro atoms. The number of anilines is 1. The molecule has 0 aliphatic carbocycles. The number of aliphatic carboxylic acids is 1. The van der Waals surface area contributed by atoms with Crippen LogP contribution in [-0.2, 0) is 14.4 Å². The maximum Gasteiger partial charge on any atom is 0.327 e. The summed E-state index contributed by atoms with van der Waals surface area (Å²) in [6.07, 6.45) is -0.00392. The van der Waals surface area contributed by atoms with Crippen molar-refractivity contribution in [1.29, 1.82) is 0 Å². The Labute approximate surface area is 137 Å². The fraction of sp³-hybridized carbons (Fsp3) is 0.400. The van der Waals surface area contributed by atoms with Crippen LogP contribution in [0.4, 0.5) is 5.69 Å². The molecular weight excluding hydrogens is 320 g/mol. The first kappa shape index (κ1) is 17.1. The molecule has 0 aromatic heterocycles. The zero-order chi connectivity index (χ0) is 16.8. The lowest BCUT2D eigenvalue weighted by Crippen LogP contribution is -2.51. The van der Waals surface area contributed by atoms with Crippen molar-refractivity contribution < 1.29 is 24.2 Å². The topological polar surface area (TPSA) is 105 Å². The smallest absolute Gasteiger partial charge is 0.327 e. The normalized spacial score (nSPS) is 20.5. The van der Waals surface area contributed by atoms with Crippen molar-refractivity contribution >= 4 is 35.2 Å². The number of benzene rings is 1. The van der Waals surface area contributed by atoms with E-state index in [1.165, 1.54) is 11.8 Å². The molecule has 0 unspecified atom stereocenters. The number of hydrogen-bond acceptors (Lipinski definition) is 5. The van der Waals surface area contributed by atoms with Gasteiger partial charge in [-0.1, -0.05) is 0 Å². The molecule has 1 aliphatic heterocycles. The second-order valence-electron chi connectivity index (χ2n) is 4.93. The average molecular weight is 338 g/mol. The number of carboxylic acid groups (broad SMARTS) is 1. The third-order valence-electron chi connectivity index (χ3n) is 3.19. The van der Waals surface area contributed by atoms with Gasteiger partial charge in [-0.05, 0) is 31.2 Å². The van der Waals surface area contributed by atoms with E-state index in [2.05, 4.69) is 10.6 Å². The molecule has 23 heavy (non-hydrogen) atoms. The monoisotopic (exact) mass is 338 g/mol. The summed E-state index contributed by atoms with van der Waals surface area (Å²) in [4.78, 5) is 34.6. The lowest BCUT2D eigenvalue weighted by Gasteiger charge is -2.25. The van der Waals surface area contributed by atoms with Crippen molar-refractivity contribution in [2.75, 3.05) is 17.7 Å². The second-order valence-corrected chi connectivity index (χ2v) is 6.17. The molecule has 8 heteroatoms. The first-order valence-corrected chi connectivity index (χ1v) is 8.22. The van der Waals surface area contributed by atoms with Crippen LogP contribution in [0, 0.1) is 0 Å². The van der Waals surface area contributed by atoms with E-state index in [1.54, 1.807) is 24.3 Å². The Kier molecular flexibility index (Phi) is 5.86. The van der Waals surface area contributed by atoms with Gasteiger partial charge in [-0.3, -0.25) is 9.59 Å². The Morgan fingerprint density at radius 1 is 1.39 bits per heavy atom. The Morgan fingerprint density at radius 2 is 2.09 bits per heavy atom. The number of nitrogens with one attached hydrogen (secondary N) is 2. The summed E-state index contributed by atoms with van der Waals surface area (Å²) >= 11 is 1.18. The number of thioether (sulfide) groups is 1. The number of carbonyl (C=O) groups is 3. The van der Waals surface area contributed by atoms with Crippen LogP contribution in [0.1, 0.15) is 13.3 Å². The molecule has 1 aliphatic rings. The van der Waals surface area contributed by atoms with Crippen LogP contribution >= 0.6 is 11.8 Å². The molecule has 1 saturated heterocycles. The van der Waals surface area contributed by atoms with Crippen LogP contribution in [0.2, 0.25) is 0 Å². The van der Waals surface area contributed by atoms with Gasteiger partial charge < -0.3 is 20.5 Å². The molecule has 1 heterocycles. The molecule has 0 bridgehead atoms. The lowest BCUT2D eigenvalue weighted by atomic mass is 10.2. The fourth-order valence-corrected chi connectivity index (χ4v) is 3.20. The maximum atomic E-state index is 12.0. The van der Waals surface area contributed by atoms with Crippen LogP contribution in [0.3, 0.4) is 0 Å². The van der Waals surface area contributed by atoms with Gasteiger partial charge in [0, 0.05) is 17.9 Å². The van der Waals surface area contributed by atoms with E-state index in [0.29, 0.717) is 18.0 Å². The Hall–Kier alpha value is -2.22. The summed E-state index contributed by atoms with van der Waals surface area (Å²) < 4.78 is 5.31. The zero-order valence-electron chi connectivity index (χ0n) is 12.6. The third-order valence-corrected chi connectivity index (χ3v) is 4.50. The van der Waals surface area contributed by atoms with E-state index in [-0.39, 0.29) is 18.1 Å². The van der Waals surface area contributed by atoms with Crippen LogP contribution in [0.25, 0.3) is 0 Å². The highest BCUT2D eigenvalue weighted by molar-refractivity contribution is 8.00. The summed E-state index contributed by atoms with van der Waals surface area (Å²) in [6, 6.07) is 6.05. The van der Waals surface area contributed by atoms with Crippen molar-refractivity contribution in [3.05, 3.63) is 24.3 Å². The van der Waals surface area contributed by atoms with Gasteiger partial charge in [0.15, 0.2) is 0 Å². The van der Waals surface area contributed by atoms with Gasteiger partial charge in [0.1, 0.15) is 11.8 Å². The predicted octanol–water partition coefficient (Wildman–Crippen LogP) is 1.10. The zero-order valence-corrected chi connectivity index (χ0v) is 13.4. The molecule has 2 amide bonds. The number of carboxylic acids is 1. The van der Waals surface area contributed by atoms with Gasteiger partial charge in [-0.15, -0.1) is 11.8 Å². The molecule has 2 atom stereocenters. The van der Waals surface area contributed by atoms with Crippen LogP contribution in [0.5, 0.6) is 5.75 Å². The first-order chi connectivity index (χ1) is 11.0. The van der Waals surface area contributed by atoms with Gasteiger partial charge in [-0.25, -0.2) is 4.79 Å². The third kappa shape index (κ3) is 4.88. The number of carbonyl (C=O) groups excluding carboxylic acids is 2. The van der Waals surface area contributed by atoms with Gasteiger partial charge in [-0.2, -0.15) is 0 Å². The molecule has 1 fully saturated rings. The molecule has 1 aromatic rings. The van der Waals surface area contributed by atoms with Crippen molar-refractivity contribution in [1.82, 2.24) is 5.32 Å². The van der Waals surface area contributed by atoms with Crippen LogP contribution in [0.15, 0.2) is 24.3 Å². The van der Waals surface area contributed by atoms with E-state index in [1.807, 2.05) is 6.92 Å². The first-order valence-electron chi connectivity index (χ1n) is 7.17. The summed E-state index contributed by atoms with van der Waals surface area (Å²) in [5.74, 6) is -0.816. The van der Waals surface area contributed by atoms with E-state index in [9.17, 15) is 14.4 Å². The van der Waals surface area contributed by atoms with Gasteiger partial charge >= 0.3 is 5.97 Å². The molecular formula is C15H18N2O5S. The SMILES string of the molecule is CCOc1ccc(NC(=O)C[C@@H]2SC[C@@H](C(=O)O)NC2=O)cc1. The predicted molar refractivity (Wildman–Crippen MR) is 86.7 cm³/mol. The van der Waals surface area contributed by atoms with Crippen molar-refractivity contribution in [3.8, 4) is 5.75 Å². The Bertz CT molecular complexity index is 590. The number of hydrogen-bond donors (Lipinski definition) is 3. The van der Waals surface area contributed by atoms with E-state index < -0.39 is 23.2 Å². The average Bonchev–Trinajstić information content (AvgIpc) is 2.51. The van der Waals surface area contributed by atoms with Gasteiger partial charge in [0.05, 0.1) is 11.9 Å². The molecule has 0 radical (unpaired) electrons. The van der Waals surface area contributed by atoms with Gasteiger partial charge in [0.2, 0.25) is 11.8 Å². The number of rotatable bonds is 6. The molecule has 124 valence electrons. The quantitative estimate of drug-likeness (QED) is 0.717. The van der Waals surface area contributed by atoms with Crippen molar-refractivity contribution in [2.45, 2.75) is 24.6 Å². The fourth-order valence-electron chi connectivity index (χ4n) is 2.06. The molecule has 1 aromatic carbocycles. The summed E-state index contributed by atoms with van der Waals surface area (Å²) in [6.45, 7) is 2.45. The minimum absolute atomic E-state index is 0.00392. The molecule has 2 rings (SSSR count). The number of amides is 2. The summed E-state index contributed by atoms with van der Waals surface area (Å²) in [5, 5.41) is 13.4. The minimum Gasteiger partial charge on any atom is -0.494 e. The molecule has 0 saturated carbocycles. The molecule has 7 nitrogen and oxygen atoms in total. The van der Waals surface area contributed by atoms with E-state index in [0.717, 1.165) is 0 Å². The Balaban J connectivity index is 1.85. The Morgan fingerprint density at radius 3 is 2.65 bits per heavy atom. The molecule has 3 N–H and O–H groups in total. The number of ether oxygens (including phenoxy) is 1. The van der Waals surface area contributed by atoms with Gasteiger partial charge in [0.25, 0.3) is 0 Å². The highest BCUT2D eigenvalue weighted by atomic mass is 32.2. The van der Waals surface area contributed by atoms with E-state index in [4.69, 9.17) is 9.84 Å². The van der Waals surface area contributed by atoms with Crippen LogP contribution < -0.4 is 15.4 Å². The summed E-state index contributed by atoms with van der Waals surface area (Å²) in [5.41, 5.74) is 0.614. The highest BCUT2D eigenvalue weighted by Gasteiger charge is 2.33. The summed E-state index contributed by atoms with van der Waals surface area (Å²) in [7, 11) is 0. The van der Waals surface area contributed by atoms with Crippen molar-refractivity contribution in [3.63, 3.8) is 0 Å². The van der Waals surface area contributed by atoms with E-state index >= 15 is 0 Å². The second kappa shape index (κ2) is 7.87. The largest absolute Gasteiger partial charge is 0.494 e. The highest BCUT2D eigenvalue weighted by Crippen LogP contribution is 2.22.